The van der Waals surface area contributed by atoms with E-state index in [9.17, 15) is 10.1 Å². The maximum atomic E-state index is 10.4. The first-order valence-electron chi connectivity index (χ1n) is 4.07. The van der Waals surface area contributed by atoms with Gasteiger partial charge in [-0.1, -0.05) is 17.7 Å². The number of aryl methyl sites for hydroxylation is 1. The summed E-state index contributed by atoms with van der Waals surface area (Å²) in [5.41, 5.74) is 1.01. The molecule has 5 heteroatoms. The molecule has 1 aromatic carbocycles. The Morgan fingerprint density at radius 3 is 2.79 bits per heavy atom. The van der Waals surface area contributed by atoms with Crippen LogP contribution in [0.15, 0.2) is 18.2 Å². The van der Waals surface area contributed by atoms with Crippen LogP contribution < -0.4 is 0 Å². The molecule has 0 heterocycles. The lowest BCUT2D eigenvalue weighted by Gasteiger charge is -2.02. The van der Waals surface area contributed by atoms with Gasteiger partial charge in [0.2, 0.25) is 0 Å². The third-order valence-corrected chi connectivity index (χ3v) is 2.79. The Balaban J connectivity index is 2.84. The molecule has 1 aromatic rings. The molecular weight excluding hydrogens is 222 g/mol. The van der Waals surface area contributed by atoms with Crippen molar-refractivity contribution >= 4 is 29.1 Å². The fraction of sp³-hybridized carbons (Fsp3) is 0.333. The summed E-state index contributed by atoms with van der Waals surface area (Å²) < 4.78 is 0. The quantitative estimate of drug-likeness (QED) is 0.591. The Morgan fingerprint density at radius 2 is 2.29 bits per heavy atom. The van der Waals surface area contributed by atoms with E-state index < -0.39 is 4.92 Å². The van der Waals surface area contributed by atoms with Crippen LogP contribution in [0.25, 0.3) is 0 Å². The maximum Gasteiger partial charge on any atom is 0.270 e. The monoisotopic (exact) mass is 231 g/mol. The first kappa shape index (κ1) is 11.3. The van der Waals surface area contributed by atoms with Crippen LogP contribution in [0.1, 0.15) is 5.56 Å². The molecule has 0 saturated heterocycles. The lowest BCUT2D eigenvalue weighted by Crippen LogP contribution is -1.92. The van der Waals surface area contributed by atoms with Gasteiger partial charge in [-0.2, -0.15) is 11.8 Å². The molecule has 0 aliphatic rings. The molecule has 14 heavy (non-hydrogen) atoms. The molecule has 0 aromatic heterocycles. The fourth-order valence-corrected chi connectivity index (χ4v) is 1.76. The van der Waals surface area contributed by atoms with E-state index in [1.165, 1.54) is 12.1 Å². The normalized spacial score (nSPS) is 10.1. The van der Waals surface area contributed by atoms with E-state index in [2.05, 4.69) is 0 Å². The van der Waals surface area contributed by atoms with Crippen molar-refractivity contribution in [3.63, 3.8) is 0 Å². The molecule has 0 bridgehead atoms. The Hall–Kier alpha value is -0.740. The number of hydrogen-bond acceptors (Lipinski definition) is 3. The zero-order valence-electron chi connectivity index (χ0n) is 7.70. The third-order valence-electron chi connectivity index (χ3n) is 1.82. The topological polar surface area (TPSA) is 43.1 Å². The van der Waals surface area contributed by atoms with Gasteiger partial charge < -0.3 is 0 Å². The second-order valence-corrected chi connectivity index (χ2v) is 4.17. The van der Waals surface area contributed by atoms with Gasteiger partial charge in [-0.25, -0.2) is 0 Å². The van der Waals surface area contributed by atoms with Gasteiger partial charge in [-0.3, -0.25) is 10.1 Å². The zero-order valence-corrected chi connectivity index (χ0v) is 9.27. The van der Waals surface area contributed by atoms with Crippen molar-refractivity contribution in [2.24, 2.45) is 0 Å². The van der Waals surface area contributed by atoms with Crippen molar-refractivity contribution in [3.05, 3.63) is 38.9 Å². The minimum absolute atomic E-state index is 0.0444. The second kappa shape index (κ2) is 5.22. The SMILES string of the molecule is CSCCc1ccc([N+](=O)[O-])cc1Cl. The van der Waals surface area contributed by atoms with E-state index >= 15 is 0 Å². The number of nitro benzene ring substituents is 1. The highest BCUT2D eigenvalue weighted by Crippen LogP contribution is 2.23. The molecule has 0 spiro atoms. The molecule has 0 atom stereocenters. The first-order chi connectivity index (χ1) is 6.65. The second-order valence-electron chi connectivity index (χ2n) is 2.78. The van der Waals surface area contributed by atoms with Gasteiger partial charge in [0.05, 0.1) is 9.95 Å². The predicted molar refractivity (Wildman–Crippen MR) is 60.2 cm³/mol. The van der Waals surface area contributed by atoms with Gasteiger partial charge in [-0.15, -0.1) is 0 Å². The summed E-state index contributed by atoms with van der Waals surface area (Å²) in [5, 5.41) is 10.9. The summed E-state index contributed by atoms with van der Waals surface area (Å²) in [4.78, 5) is 9.98. The molecule has 0 amide bonds. The van der Waals surface area contributed by atoms with Crippen LogP contribution in [0.3, 0.4) is 0 Å². The van der Waals surface area contributed by atoms with Crippen LogP contribution in [0.4, 0.5) is 5.69 Å². The Bertz CT molecular complexity index is 344. The fourth-order valence-electron chi connectivity index (χ4n) is 1.06. The van der Waals surface area contributed by atoms with Crippen molar-refractivity contribution in [1.82, 2.24) is 0 Å². The summed E-state index contributed by atoms with van der Waals surface area (Å²) in [7, 11) is 0. The summed E-state index contributed by atoms with van der Waals surface area (Å²) >= 11 is 7.62. The van der Waals surface area contributed by atoms with E-state index in [0.717, 1.165) is 17.7 Å². The summed E-state index contributed by atoms with van der Waals surface area (Å²) in [6, 6.07) is 4.61. The first-order valence-corrected chi connectivity index (χ1v) is 5.84. The molecule has 0 aliphatic heterocycles. The lowest BCUT2D eigenvalue weighted by atomic mass is 10.1. The van der Waals surface area contributed by atoms with Gasteiger partial charge in [-0.05, 0) is 24.0 Å². The van der Waals surface area contributed by atoms with Gasteiger partial charge in [0.1, 0.15) is 0 Å². The molecule has 0 fully saturated rings. The van der Waals surface area contributed by atoms with E-state index in [-0.39, 0.29) is 5.69 Å². The molecule has 3 nitrogen and oxygen atoms in total. The van der Waals surface area contributed by atoms with E-state index in [0.29, 0.717) is 5.02 Å². The maximum absolute atomic E-state index is 10.4. The summed E-state index contributed by atoms with van der Waals surface area (Å²) in [6.07, 6.45) is 2.86. The number of nitro groups is 1. The minimum atomic E-state index is -0.440. The molecule has 0 N–H and O–H groups in total. The van der Waals surface area contributed by atoms with Gasteiger partial charge >= 0.3 is 0 Å². The van der Waals surface area contributed by atoms with Crippen LogP contribution >= 0.6 is 23.4 Å². The predicted octanol–water partition coefficient (Wildman–Crippen LogP) is 3.15. The number of thioether (sulfide) groups is 1. The molecule has 1 rings (SSSR count). The van der Waals surface area contributed by atoms with E-state index in [1.807, 2.05) is 6.26 Å². The number of halogens is 1. The Labute approximate surface area is 91.6 Å². The molecule has 0 unspecified atom stereocenters. The van der Waals surface area contributed by atoms with Gasteiger partial charge in [0, 0.05) is 12.1 Å². The van der Waals surface area contributed by atoms with Crippen LogP contribution in [0.5, 0.6) is 0 Å². The molecule has 76 valence electrons. The molecule has 0 saturated carbocycles. The van der Waals surface area contributed by atoms with Gasteiger partial charge in [0.15, 0.2) is 0 Å². The van der Waals surface area contributed by atoms with E-state index in [4.69, 9.17) is 11.6 Å². The Morgan fingerprint density at radius 1 is 1.57 bits per heavy atom. The number of nitrogens with zero attached hydrogens (tertiary/aromatic N) is 1. The Kier molecular flexibility index (Phi) is 4.22. The van der Waals surface area contributed by atoms with Crippen molar-refractivity contribution in [2.75, 3.05) is 12.0 Å². The van der Waals surface area contributed by atoms with Crippen molar-refractivity contribution in [3.8, 4) is 0 Å². The average Bonchev–Trinajstić information content (AvgIpc) is 2.15. The summed E-state index contributed by atoms with van der Waals surface area (Å²) in [5.74, 6) is 0.970. The standard InChI is InChI=1S/C9H10ClNO2S/c1-14-5-4-7-2-3-8(11(12)13)6-9(7)10/h2-3,6H,4-5H2,1H3. The van der Waals surface area contributed by atoms with Crippen molar-refractivity contribution in [2.45, 2.75) is 6.42 Å². The zero-order chi connectivity index (χ0) is 10.6. The smallest absolute Gasteiger partial charge is 0.258 e. The summed E-state index contributed by atoms with van der Waals surface area (Å²) in [6.45, 7) is 0. The third kappa shape index (κ3) is 2.89. The average molecular weight is 232 g/mol. The highest BCUT2D eigenvalue weighted by Gasteiger charge is 2.08. The van der Waals surface area contributed by atoms with E-state index in [1.54, 1.807) is 17.8 Å². The van der Waals surface area contributed by atoms with Crippen LogP contribution in [-0.4, -0.2) is 16.9 Å². The molecular formula is C9H10ClNO2S. The highest BCUT2D eigenvalue weighted by atomic mass is 35.5. The molecule has 0 aliphatic carbocycles. The minimum Gasteiger partial charge on any atom is -0.258 e. The van der Waals surface area contributed by atoms with Gasteiger partial charge in [0.25, 0.3) is 5.69 Å². The van der Waals surface area contributed by atoms with Crippen LogP contribution in [0.2, 0.25) is 5.02 Å². The van der Waals surface area contributed by atoms with Crippen molar-refractivity contribution < 1.29 is 4.92 Å². The number of non-ortho nitro benzene ring substituents is 1. The largest absolute Gasteiger partial charge is 0.270 e. The van der Waals surface area contributed by atoms with Crippen LogP contribution in [-0.2, 0) is 6.42 Å². The lowest BCUT2D eigenvalue weighted by molar-refractivity contribution is -0.384. The number of hydrogen-bond donors (Lipinski definition) is 0. The molecule has 0 radical (unpaired) electrons. The van der Waals surface area contributed by atoms with Crippen LogP contribution in [0, 0.1) is 10.1 Å². The number of rotatable bonds is 4. The van der Waals surface area contributed by atoms with Crippen molar-refractivity contribution in [1.29, 1.82) is 0 Å². The number of benzene rings is 1. The highest BCUT2D eigenvalue weighted by molar-refractivity contribution is 7.98.